The van der Waals surface area contributed by atoms with Gasteiger partial charge in [0.1, 0.15) is 0 Å². The van der Waals surface area contributed by atoms with E-state index in [4.69, 9.17) is 18.9 Å². The van der Waals surface area contributed by atoms with Gasteiger partial charge in [-0.2, -0.15) is 0 Å². The number of esters is 1. The normalized spacial score (nSPS) is 19.7. The van der Waals surface area contributed by atoms with Crippen molar-refractivity contribution in [3.05, 3.63) is 35.0 Å². The molecule has 3 rings (SSSR count). The Kier molecular flexibility index (Phi) is 7.53. The Morgan fingerprint density at radius 3 is 2.63 bits per heavy atom. The number of nitrogens with zero attached hydrogens (tertiary/aromatic N) is 1. The number of carbonyl (C=O) groups excluding carboxylic acids is 2. The second-order valence-corrected chi connectivity index (χ2v) is 6.88. The minimum absolute atomic E-state index is 0.237. The molecule has 0 bridgehead atoms. The van der Waals surface area contributed by atoms with Gasteiger partial charge in [0.2, 0.25) is 0 Å². The Bertz CT molecular complexity index is 804. The summed E-state index contributed by atoms with van der Waals surface area (Å²) in [6.45, 7) is 7.49. The van der Waals surface area contributed by atoms with E-state index < -0.39 is 12.0 Å². The van der Waals surface area contributed by atoms with E-state index in [1.165, 1.54) is 0 Å². The second-order valence-electron chi connectivity index (χ2n) is 6.88. The molecule has 9 nitrogen and oxygen atoms in total. The summed E-state index contributed by atoms with van der Waals surface area (Å²) in [5.74, 6) is 0.658. The van der Waals surface area contributed by atoms with Gasteiger partial charge in [0.05, 0.1) is 45.2 Å². The molecule has 9 heteroatoms. The molecule has 2 aliphatic rings. The van der Waals surface area contributed by atoms with Gasteiger partial charge >= 0.3 is 12.0 Å². The molecule has 1 aromatic rings. The number of carbonyl (C=O) groups is 2. The van der Waals surface area contributed by atoms with Crippen LogP contribution in [0.5, 0.6) is 11.5 Å². The van der Waals surface area contributed by atoms with Crippen LogP contribution in [0.1, 0.15) is 25.5 Å². The van der Waals surface area contributed by atoms with Crippen molar-refractivity contribution in [2.45, 2.75) is 19.9 Å². The van der Waals surface area contributed by atoms with E-state index in [1.54, 1.807) is 26.2 Å². The maximum atomic E-state index is 12.9. The van der Waals surface area contributed by atoms with Crippen molar-refractivity contribution in [3.63, 3.8) is 0 Å². The standard InChI is InChI=1S/C21H29N3O6/c1-4-29-16-7-6-14(12-17(16)27-3)19-18(20(25)30-5-2)15(22-21(26)23-19)13-24-8-10-28-11-9-24/h6-7,12,19H,4-5,8-11,13H2,1-3H3,(H2,22,23,26). The molecule has 2 aliphatic heterocycles. The van der Waals surface area contributed by atoms with E-state index in [0.29, 0.717) is 54.7 Å². The number of morpholine rings is 1. The van der Waals surface area contributed by atoms with Gasteiger partial charge in [-0.15, -0.1) is 0 Å². The minimum Gasteiger partial charge on any atom is -0.493 e. The van der Waals surface area contributed by atoms with Crippen molar-refractivity contribution in [1.29, 1.82) is 0 Å². The Labute approximate surface area is 176 Å². The number of benzene rings is 1. The van der Waals surface area contributed by atoms with E-state index in [0.717, 1.165) is 13.1 Å². The molecular formula is C21H29N3O6. The van der Waals surface area contributed by atoms with E-state index in [1.807, 2.05) is 13.0 Å². The van der Waals surface area contributed by atoms with Crippen molar-refractivity contribution in [3.8, 4) is 11.5 Å². The van der Waals surface area contributed by atoms with E-state index in [9.17, 15) is 9.59 Å². The van der Waals surface area contributed by atoms with Gasteiger partial charge < -0.3 is 29.6 Å². The molecule has 1 atom stereocenters. The lowest BCUT2D eigenvalue weighted by Gasteiger charge is -2.33. The zero-order valence-electron chi connectivity index (χ0n) is 17.7. The Morgan fingerprint density at radius 2 is 1.97 bits per heavy atom. The molecule has 2 heterocycles. The fourth-order valence-corrected chi connectivity index (χ4v) is 3.56. The minimum atomic E-state index is -0.668. The number of rotatable bonds is 8. The van der Waals surface area contributed by atoms with Gasteiger partial charge in [-0.1, -0.05) is 6.07 Å². The molecule has 164 valence electrons. The van der Waals surface area contributed by atoms with Crippen LogP contribution in [0.25, 0.3) is 0 Å². The summed E-state index contributed by atoms with van der Waals surface area (Å²) in [5, 5.41) is 5.65. The third-order valence-electron chi connectivity index (χ3n) is 4.96. The highest BCUT2D eigenvalue weighted by molar-refractivity contribution is 5.95. The molecule has 1 saturated heterocycles. The highest BCUT2D eigenvalue weighted by Crippen LogP contribution is 2.34. The van der Waals surface area contributed by atoms with Crippen LogP contribution in [-0.2, 0) is 14.3 Å². The Balaban J connectivity index is 2.00. The molecule has 2 N–H and O–H groups in total. The molecule has 30 heavy (non-hydrogen) atoms. The molecule has 0 saturated carbocycles. The Morgan fingerprint density at radius 1 is 1.20 bits per heavy atom. The van der Waals surface area contributed by atoms with Crippen LogP contribution in [-0.4, -0.2) is 70.1 Å². The summed E-state index contributed by atoms with van der Waals surface area (Å²) in [4.78, 5) is 27.5. The largest absolute Gasteiger partial charge is 0.493 e. The molecule has 1 fully saturated rings. The molecule has 0 aromatic heterocycles. The predicted molar refractivity (Wildman–Crippen MR) is 109 cm³/mol. The van der Waals surface area contributed by atoms with Crippen LogP contribution >= 0.6 is 0 Å². The highest BCUT2D eigenvalue weighted by atomic mass is 16.5. The number of hydrogen-bond acceptors (Lipinski definition) is 7. The molecule has 2 amide bonds. The average molecular weight is 419 g/mol. The van der Waals surface area contributed by atoms with E-state index >= 15 is 0 Å². The lowest BCUT2D eigenvalue weighted by atomic mass is 9.94. The van der Waals surface area contributed by atoms with Crippen LogP contribution in [0.3, 0.4) is 0 Å². The number of ether oxygens (including phenoxy) is 4. The number of urea groups is 1. The predicted octanol–water partition coefficient (Wildman–Crippen LogP) is 1.60. The van der Waals surface area contributed by atoms with Crippen LogP contribution in [0.15, 0.2) is 29.5 Å². The molecular weight excluding hydrogens is 390 g/mol. The van der Waals surface area contributed by atoms with E-state index in [2.05, 4.69) is 15.5 Å². The van der Waals surface area contributed by atoms with Crippen molar-refractivity contribution >= 4 is 12.0 Å². The first-order chi connectivity index (χ1) is 14.6. The zero-order valence-corrected chi connectivity index (χ0v) is 17.7. The SMILES string of the molecule is CCOC(=O)C1=C(CN2CCOCC2)NC(=O)NC1c1ccc(OCC)c(OC)c1. The second kappa shape index (κ2) is 10.3. The first-order valence-electron chi connectivity index (χ1n) is 10.2. The zero-order chi connectivity index (χ0) is 21.5. The maximum absolute atomic E-state index is 12.9. The van der Waals surface area contributed by atoms with Crippen LogP contribution < -0.4 is 20.1 Å². The smallest absolute Gasteiger partial charge is 0.338 e. The van der Waals surface area contributed by atoms with Gasteiger partial charge in [0.25, 0.3) is 0 Å². The van der Waals surface area contributed by atoms with Crippen LogP contribution in [0.4, 0.5) is 4.79 Å². The van der Waals surface area contributed by atoms with Gasteiger partial charge in [-0.05, 0) is 31.5 Å². The van der Waals surface area contributed by atoms with Crippen molar-refractivity contribution in [2.75, 3.05) is 53.2 Å². The molecule has 0 aliphatic carbocycles. The molecule has 0 spiro atoms. The molecule has 1 aromatic carbocycles. The quantitative estimate of drug-likeness (QED) is 0.618. The van der Waals surface area contributed by atoms with Crippen LogP contribution in [0.2, 0.25) is 0 Å². The topological polar surface area (TPSA) is 98.4 Å². The molecule has 0 radical (unpaired) electrons. The lowest BCUT2D eigenvalue weighted by molar-refractivity contribution is -0.139. The van der Waals surface area contributed by atoms with E-state index in [-0.39, 0.29) is 12.6 Å². The number of hydrogen-bond donors (Lipinski definition) is 2. The first kappa shape index (κ1) is 21.9. The van der Waals surface area contributed by atoms with Gasteiger partial charge in [0, 0.05) is 25.3 Å². The number of nitrogens with one attached hydrogen (secondary N) is 2. The van der Waals surface area contributed by atoms with Crippen molar-refractivity contribution in [2.24, 2.45) is 0 Å². The number of amides is 2. The third kappa shape index (κ3) is 5.03. The summed E-state index contributed by atoms with van der Waals surface area (Å²) in [5.41, 5.74) is 1.62. The van der Waals surface area contributed by atoms with Crippen molar-refractivity contribution in [1.82, 2.24) is 15.5 Å². The highest BCUT2D eigenvalue weighted by Gasteiger charge is 2.35. The summed E-state index contributed by atoms with van der Waals surface area (Å²) >= 11 is 0. The molecule has 1 unspecified atom stereocenters. The lowest BCUT2D eigenvalue weighted by Crippen LogP contribution is -2.49. The first-order valence-corrected chi connectivity index (χ1v) is 10.2. The van der Waals surface area contributed by atoms with Gasteiger partial charge in [-0.25, -0.2) is 9.59 Å². The third-order valence-corrected chi connectivity index (χ3v) is 4.96. The van der Waals surface area contributed by atoms with Gasteiger partial charge in [-0.3, -0.25) is 4.90 Å². The monoisotopic (exact) mass is 419 g/mol. The fraction of sp³-hybridized carbons (Fsp3) is 0.524. The van der Waals surface area contributed by atoms with Crippen molar-refractivity contribution < 1.29 is 28.5 Å². The summed E-state index contributed by atoms with van der Waals surface area (Å²) < 4.78 is 21.7. The van der Waals surface area contributed by atoms with Gasteiger partial charge in [0.15, 0.2) is 11.5 Å². The summed E-state index contributed by atoms with van der Waals surface area (Å²) in [6.07, 6.45) is 0. The number of methoxy groups -OCH3 is 1. The summed E-state index contributed by atoms with van der Waals surface area (Å²) in [7, 11) is 1.55. The Hall–Kier alpha value is -2.78. The maximum Gasteiger partial charge on any atom is 0.338 e. The summed E-state index contributed by atoms with van der Waals surface area (Å²) in [6, 6.07) is 4.32. The fourth-order valence-electron chi connectivity index (χ4n) is 3.56. The van der Waals surface area contributed by atoms with Crippen LogP contribution in [0, 0.1) is 0 Å². The average Bonchev–Trinajstić information content (AvgIpc) is 2.74.